The van der Waals surface area contributed by atoms with Crippen molar-refractivity contribution in [3.8, 4) is 11.5 Å². The first-order valence-electron chi connectivity index (χ1n) is 9.79. The van der Waals surface area contributed by atoms with Gasteiger partial charge in [-0.05, 0) is 61.5 Å². The van der Waals surface area contributed by atoms with Crippen LogP contribution >= 0.6 is 0 Å². The second-order valence-corrected chi connectivity index (χ2v) is 6.94. The van der Waals surface area contributed by atoms with Crippen LogP contribution in [0.5, 0.6) is 11.5 Å². The molecule has 0 aliphatic heterocycles. The Balaban J connectivity index is 1.48. The van der Waals surface area contributed by atoms with E-state index in [1.807, 2.05) is 30.3 Å². The van der Waals surface area contributed by atoms with Gasteiger partial charge in [-0.1, -0.05) is 24.3 Å². The highest BCUT2D eigenvalue weighted by atomic mass is 19.1. The Kier molecular flexibility index (Phi) is 5.98. The second kappa shape index (κ2) is 9.18. The van der Waals surface area contributed by atoms with Crippen molar-refractivity contribution in [3.63, 3.8) is 0 Å². The number of carbonyl (C=O) groups excluding carboxylic acids is 2. The molecule has 7 heteroatoms. The third-order valence-electron chi connectivity index (χ3n) is 4.65. The number of anilines is 2. The molecular formula is C25H19FN2O4. The van der Waals surface area contributed by atoms with Crippen molar-refractivity contribution in [3.05, 3.63) is 108 Å². The maximum Gasteiger partial charge on any atom is 0.259 e. The Morgan fingerprint density at radius 2 is 1.62 bits per heavy atom. The van der Waals surface area contributed by atoms with Gasteiger partial charge in [-0.3, -0.25) is 9.59 Å². The average molecular weight is 430 g/mol. The highest BCUT2D eigenvalue weighted by Gasteiger charge is 2.15. The van der Waals surface area contributed by atoms with E-state index in [2.05, 4.69) is 10.6 Å². The zero-order valence-electron chi connectivity index (χ0n) is 17.1. The number of halogens is 1. The van der Waals surface area contributed by atoms with Crippen molar-refractivity contribution in [2.45, 2.75) is 6.92 Å². The summed E-state index contributed by atoms with van der Waals surface area (Å²) in [5.41, 5.74) is 0.927. The first-order valence-corrected chi connectivity index (χ1v) is 9.79. The molecule has 0 bridgehead atoms. The average Bonchev–Trinajstić information content (AvgIpc) is 3.23. The molecule has 0 spiro atoms. The van der Waals surface area contributed by atoms with E-state index in [1.165, 1.54) is 30.5 Å². The number of nitrogens with one attached hydrogen (secondary N) is 2. The summed E-state index contributed by atoms with van der Waals surface area (Å²) in [5, 5.41) is 5.20. The molecule has 0 saturated carbocycles. The minimum Gasteiger partial charge on any atom is -0.469 e. The first kappa shape index (κ1) is 20.9. The van der Waals surface area contributed by atoms with Crippen LogP contribution in [0.15, 0.2) is 89.5 Å². The molecule has 0 aliphatic carbocycles. The van der Waals surface area contributed by atoms with E-state index in [4.69, 9.17) is 9.15 Å². The summed E-state index contributed by atoms with van der Waals surface area (Å²) in [6.07, 6.45) is 1.38. The topological polar surface area (TPSA) is 80.6 Å². The normalized spacial score (nSPS) is 10.4. The van der Waals surface area contributed by atoms with Crippen molar-refractivity contribution in [1.29, 1.82) is 0 Å². The summed E-state index contributed by atoms with van der Waals surface area (Å²) in [6, 6.07) is 21.3. The Hall–Kier alpha value is -4.39. The van der Waals surface area contributed by atoms with E-state index >= 15 is 0 Å². The predicted octanol–water partition coefficient (Wildman–Crippen LogP) is 6.02. The fraction of sp³-hybridized carbons (Fsp3) is 0.0400. The maximum absolute atomic E-state index is 14.2. The molecule has 0 atom stereocenters. The van der Waals surface area contributed by atoms with Crippen LogP contribution < -0.4 is 15.4 Å². The van der Waals surface area contributed by atoms with Crippen LogP contribution in [0, 0.1) is 12.7 Å². The van der Waals surface area contributed by atoms with Crippen molar-refractivity contribution in [2.75, 3.05) is 10.6 Å². The monoisotopic (exact) mass is 430 g/mol. The first-order chi connectivity index (χ1) is 15.5. The van der Waals surface area contributed by atoms with E-state index in [1.54, 1.807) is 31.2 Å². The second-order valence-electron chi connectivity index (χ2n) is 6.94. The molecular weight excluding hydrogens is 411 g/mol. The molecule has 6 nitrogen and oxygen atoms in total. The van der Waals surface area contributed by atoms with Gasteiger partial charge in [0.25, 0.3) is 11.8 Å². The lowest BCUT2D eigenvalue weighted by Gasteiger charge is -2.11. The molecule has 0 radical (unpaired) electrons. The van der Waals surface area contributed by atoms with E-state index < -0.39 is 17.6 Å². The molecule has 32 heavy (non-hydrogen) atoms. The quantitative estimate of drug-likeness (QED) is 0.392. The molecule has 0 saturated heterocycles. The molecule has 0 aliphatic rings. The number of hydrogen-bond acceptors (Lipinski definition) is 4. The Morgan fingerprint density at radius 1 is 0.844 bits per heavy atom. The lowest BCUT2D eigenvalue weighted by atomic mass is 10.2. The van der Waals surface area contributed by atoms with Gasteiger partial charge in [-0.15, -0.1) is 0 Å². The summed E-state index contributed by atoms with van der Waals surface area (Å²) in [5.74, 6) is 0.0337. The summed E-state index contributed by atoms with van der Waals surface area (Å²) in [4.78, 5) is 25.1. The van der Waals surface area contributed by atoms with Crippen molar-refractivity contribution in [2.24, 2.45) is 0 Å². The largest absolute Gasteiger partial charge is 0.469 e. The fourth-order valence-electron chi connectivity index (χ4n) is 3.04. The molecule has 0 fully saturated rings. The zero-order valence-corrected chi connectivity index (χ0v) is 17.1. The van der Waals surface area contributed by atoms with Crippen LogP contribution in [0.25, 0.3) is 0 Å². The Bertz CT molecular complexity index is 1270. The van der Waals surface area contributed by atoms with Crippen molar-refractivity contribution in [1.82, 2.24) is 0 Å². The summed E-state index contributed by atoms with van der Waals surface area (Å²) < 4.78 is 25.1. The highest BCUT2D eigenvalue weighted by molar-refractivity contribution is 6.07. The molecule has 2 N–H and O–H groups in total. The maximum atomic E-state index is 14.2. The van der Waals surface area contributed by atoms with Crippen LogP contribution in [0.2, 0.25) is 0 Å². The molecule has 160 valence electrons. The van der Waals surface area contributed by atoms with E-state index in [0.29, 0.717) is 34.1 Å². The third kappa shape index (κ3) is 4.84. The number of amides is 2. The van der Waals surface area contributed by atoms with Gasteiger partial charge in [-0.2, -0.15) is 0 Å². The molecule has 0 unspecified atom stereocenters. The van der Waals surface area contributed by atoms with Crippen LogP contribution in [0.4, 0.5) is 15.8 Å². The minimum absolute atomic E-state index is 0.0606. The van der Waals surface area contributed by atoms with Gasteiger partial charge in [0, 0.05) is 11.3 Å². The number of carbonyl (C=O) groups is 2. The lowest BCUT2D eigenvalue weighted by molar-refractivity contribution is 0.101. The van der Waals surface area contributed by atoms with Crippen molar-refractivity contribution < 1.29 is 23.1 Å². The van der Waals surface area contributed by atoms with Gasteiger partial charge in [-0.25, -0.2) is 4.39 Å². The van der Waals surface area contributed by atoms with Gasteiger partial charge in [0.2, 0.25) is 0 Å². The number of para-hydroxylation sites is 1. The van der Waals surface area contributed by atoms with Gasteiger partial charge < -0.3 is 19.8 Å². The van der Waals surface area contributed by atoms with Crippen LogP contribution in [-0.4, -0.2) is 11.8 Å². The number of rotatable bonds is 6. The molecule has 4 rings (SSSR count). The Labute approximate surface area is 183 Å². The number of furan rings is 1. The summed E-state index contributed by atoms with van der Waals surface area (Å²) in [6.45, 7) is 1.64. The fourth-order valence-corrected chi connectivity index (χ4v) is 3.04. The number of benzene rings is 3. The molecule has 1 heterocycles. The minimum atomic E-state index is -0.629. The Morgan fingerprint density at radius 3 is 2.38 bits per heavy atom. The van der Waals surface area contributed by atoms with Gasteiger partial charge >= 0.3 is 0 Å². The van der Waals surface area contributed by atoms with Gasteiger partial charge in [0.1, 0.15) is 23.1 Å². The standard InChI is InChI=1S/C25H19FN2O4/c1-16-21(12-13-31-16)25(30)28-23-15-18(10-11-22(23)26)27-24(29)17-6-5-9-20(14-17)32-19-7-3-2-4-8-19/h2-15H,1H3,(H,27,29)(H,28,30). The molecule has 1 aromatic heterocycles. The van der Waals surface area contributed by atoms with Crippen LogP contribution in [0.1, 0.15) is 26.5 Å². The van der Waals surface area contributed by atoms with E-state index in [-0.39, 0.29) is 5.69 Å². The zero-order chi connectivity index (χ0) is 22.5. The molecule has 3 aromatic carbocycles. The lowest BCUT2D eigenvalue weighted by Crippen LogP contribution is -2.15. The summed E-state index contributed by atoms with van der Waals surface area (Å²) >= 11 is 0. The third-order valence-corrected chi connectivity index (χ3v) is 4.65. The number of hydrogen-bond donors (Lipinski definition) is 2. The van der Waals surface area contributed by atoms with Crippen molar-refractivity contribution >= 4 is 23.2 Å². The predicted molar refractivity (Wildman–Crippen MR) is 119 cm³/mol. The van der Waals surface area contributed by atoms with Gasteiger partial charge in [0.05, 0.1) is 17.5 Å². The smallest absolute Gasteiger partial charge is 0.259 e. The molecule has 2 amide bonds. The SMILES string of the molecule is Cc1occc1C(=O)Nc1cc(NC(=O)c2cccc(Oc3ccccc3)c2)ccc1F. The number of ether oxygens (including phenoxy) is 1. The van der Waals surface area contributed by atoms with E-state index in [9.17, 15) is 14.0 Å². The summed E-state index contributed by atoms with van der Waals surface area (Å²) in [7, 11) is 0. The van der Waals surface area contributed by atoms with Crippen LogP contribution in [0.3, 0.4) is 0 Å². The van der Waals surface area contributed by atoms with E-state index in [0.717, 1.165) is 0 Å². The highest BCUT2D eigenvalue weighted by Crippen LogP contribution is 2.24. The number of aryl methyl sites for hydroxylation is 1. The molecule has 4 aromatic rings. The van der Waals surface area contributed by atoms with Gasteiger partial charge in [0.15, 0.2) is 0 Å². The van der Waals surface area contributed by atoms with Crippen LogP contribution in [-0.2, 0) is 0 Å².